The van der Waals surface area contributed by atoms with Crippen molar-refractivity contribution in [3.63, 3.8) is 0 Å². The van der Waals surface area contributed by atoms with Crippen LogP contribution < -0.4 is 0 Å². The molecular formula is C27H40O3S. The highest BCUT2D eigenvalue weighted by molar-refractivity contribution is 7.92. The molecule has 1 aromatic carbocycles. The van der Waals surface area contributed by atoms with Gasteiger partial charge in [0, 0.05) is 0 Å². The van der Waals surface area contributed by atoms with E-state index in [1.54, 1.807) is 12.1 Å². The molecule has 0 heterocycles. The van der Waals surface area contributed by atoms with E-state index in [-0.39, 0.29) is 22.0 Å². The number of ketones is 1. The molecule has 3 rings (SSSR count). The number of allylic oxidation sites excluding steroid dienone is 2. The van der Waals surface area contributed by atoms with Crippen LogP contribution in [0.4, 0.5) is 0 Å². The van der Waals surface area contributed by atoms with Crippen LogP contribution in [0.15, 0.2) is 40.8 Å². The van der Waals surface area contributed by atoms with Crippen molar-refractivity contribution in [2.45, 2.75) is 90.2 Å². The van der Waals surface area contributed by atoms with Crippen LogP contribution in [0.25, 0.3) is 0 Å². The van der Waals surface area contributed by atoms with E-state index >= 15 is 0 Å². The van der Waals surface area contributed by atoms with E-state index in [0.29, 0.717) is 23.8 Å². The van der Waals surface area contributed by atoms with Gasteiger partial charge in [-0.3, -0.25) is 4.79 Å². The van der Waals surface area contributed by atoms with Crippen LogP contribution in [0.3, 0.4) is 0 Å². The number of carbonyl (C=O) groups is 1. The highest BCUT2D eigenvalue weighted by Crippen LogP contribution is 2.54. The Morgan fingerprint density at radius 2 is 1.68 bits per heavy atom. The van der Waals surface area contributed by atoms with Gasteiger partial charge < -0.3 is 0 Å². The van der Waals surface area contributed by atoms with Gasteiger partial charge >= 0.3 is 0 Å². The first-order valence-electron chi connectivity index (χ1n) is 12.0. The largest absolute Gasteiger partial charge is 0.293 e. The number of rotatable bonds is 3. The lowest BCUT2D eigenvalue weighted by Gasteiger charge is -2.36. The Morgan fingerprint density at radius 3 is 2.29 bits per heavy atom. The van der Waals surface area contributed by atoms with Crippen molar-refractivity contribution in [3.05, 3.63) is 41.5 Å². The van der Waals surface area contributed by atoms with E-state index in [1.165, 1.54) is 12.8 Å². The molecule has 4 heteroatoms. The quantitative estimate of drug-likeness (QED) is 0.531. The van der Waals surface area contributed by atoms with Crippen LogP contribution >= 0.6 is 0 Å². The zero-order chi connectivity index (χ0) is 23.0. The van der Waals surface area contributed by atoms with Gasteiger partial charge in [0.1, 0.15) is 5.25 Å². The molecule has 0 aromatic heterocycles. The molecule has 31 heavy (non-hydrogen) atoms. The van der Waals surface area contributed by atoms with Crippen LogP contribution in [-0.4, -0.2) is 19.5 Å². The summed E-state index contributed by atoms with van der Waals surface area (Å²) in [6.07, 6.45) is 7.87. The Bertz CT molecular complexity index is 926. The topological polar surface area (TPSA) is 51.2 Å². The number of sulfone groups is 1. The molecule has 0 N–H and O–H groups in total. The predicted molar refractivity (Wildman–Crippen MR) is 128 cm³/mol. The van der Waals surface area contributed by atoms with Gasteiger partial charge in [-0.2, -0.15) is 0 Å². The fourth-order valence-corrected chi connectivity index (χ4v) is 7.86. The van der Waals surface area contributed by atoms with Crippen molar-refractivity contribution in [3.8, 4) is 0 Å². The second kappa shape index (κ2) is 9.21. The highest BCUT2D eigenvalue weighted by atomic mass is 32.2. The average molecular weight is 445 g/mol. The number of Topliss-reactive ketones (excluding diaryl/α,β-unsaturated/α-hetero) is 1. The van der Waals surface area contributed by atoms with Crippen molar-refractivity contribution in [1.29, 1.82) is 0 Å². The van der Waals surface area contributed by atoms with Crippen molar-refractivity contribution in [1.82, 2.24) is 0 Å². The zero-order valence-corrected chi connectivity index (χ0v) is 21.0. The van der Waals surface area contributed by atoms with Gasteiger partial charge in [-0.15, -0.1) is 0 Å². The third-order valence-electron chi connectivity index (χ3n) is 8.18. The highest BCUT2D eigenvalue weighted by Gasteiger charge is 2.46. The number of hydrogen-bond acceptors (Lipinski definition) is 3. The molecule has 2 aliphatic rings. The standard InChI is InChI=1S/C27H40O3S/c1-18(2)23-14-16-27(6)15-13-21(5)26(28)25(17-20(4)9-12-24(23)27)31(29,30)22-10-7-19(3)8-11-22/h7-8,10-11,13,18,20,23-25H,9,12,14-17H2,1-6H3/b21-13+/t20-,23+,24-,25?,27-/m0/s1. The first-order chi connectivity index (χ1) is 14.5. The lowest BCUT2D eigenvalue weighted by Crippen LogP contribution is -2.33. The molecule has 3 nitrogen and oxygen atoms in total. The van der Waals surface area contributed by atoms with Gasteiger partial charge in [-0.25, -0.2) is 8.42 Å². The SMILES string of the molecule is C/C1=C\C[C@@]2(C)CC[C@H](C(C)C)[C@@H]2CC[C@H](C)CC(S(=O)(=O)c2ccc(C)cc2)C1=O. The molecule has 1 aromatic rings. The summed E-state index contributed by atoms with van der Waals surface area (Å²) in [5.41, 5.74) is 1.82. The molecule has 5 atom stereocenters. The zero-order valence-electron chi connectivity index (χ0n) is 20.1. The minimum Gasteiger partial charge on any atom is -0.293 e. The molecule has 2 aliphatic carbocycles. The van der Waals surface area contributed by atoms with Crippen LogP contribution in [0.2, 0.25) is 0 Å². The van der Waals surface area contributed by atoms with Crippen LogP contribution in [0, 0.1) is 36.0 Å². The van der Waals surface area contributed by atoms with Crippen molar-refractivity contribution in [2.75, 3.05) is 0 Å². The molecule has 1 saturated carbocycles. The van der Waals surface area contributed by atoms with Gasteiger partial charge in [0.15, 0.2) is 15.6 Å². The van der Waals surface area contributed by atoms with Crippen LogP contribution in [-0.2, 0) is 14.6 Å². The van der Waals surface area contributed by atoms with E-state index in [2.05, 4.69) is 27.7 Å². The van der Waals surface area contributed by atoms with Gasteiger partial charge in [0.2, 0.25) is 0 Å². The molecule has 0 radical (unpaired) electrons. The van der Waals surface area contributed by atoms with E-state index < -0.39 is 15.1 Å². The molecule has 0 spiro atoms. The van der Waals surface area contributed by atoms with Gasteiger partial charge in [0.25, 0.3) is 0 Å². The summed E-state index contributed by atoms with van der Waals surface area (Å²) in [5, 5.41) is -0.993. The Kier molecular flexibility index (Phi) is 7.20. The Morgan fingerprint density at radius 1 is 1.03 bits per heavy atom. The lowest BCUT2D eigenvalue weighted by atomic mass is 9.69. The third-order valence-corrected chi connectivity index (χ3v) is 10.3. The lowest BCUT2D eigenvalue weighted by molar-refractivity contribution is -0.115. The predicted octanol–water partition coefficient (Wildman–Crippen LogP) is 6.55. The summed E-state index contributed by atoms with van der Waals surface area (Å²) in [6, 6.07) is 6.91. The Hall–Kier alpha value is -1.42. The maximum absolute atomic E-state index is 13.5. The van der Waals surface area contributed by atoms with E-state index in [0.717, 1.165) is 30.7 Å². The number of aryl methyl sites for hydroxylation is 1. The number of hydrogen-bond donors (Lipinski definition) is 0. The van der Waals surface area contributed by atoms with Gasteiger partial charge in [-0.1, -0.05) is 57.9 Å². The second-order valence-electron chi connectivity index (χ2n) is 10.9. The monoisotopic (exact) mass is 444 g/mol. The maximum Gasteiger partial charge on any atom is 0.188 e. The molecule has 0 bridgehead atoms. The average Bonchev–Trinajstić information content (AvgIpc) is 3.04. The smallest absolute Gasteiger partial charge is 0.188 e. The van der Waals surface area contributed by atoms with Crippen molar-refractivity contribution in [2.24, 2.45) is 29.1 Å². The molecule has 0 saturated heterocycles. The van der Waals surface area contributed by atoms with E-state index in [4.69, 9.17) is 0 Å². The van der Waals surface area contributed by atoms with Gasteiger partial charge in [0.05, 0.1) is 4.90 Å². The molecule has 1 fully saturated rings. The summed E-state index contributed by atoms with van der Waals surface area (Å²) >= 11 is 0. The fraction of sp³-hybridized carbons (Fsp3) is 0.667. The third kappa shape index (κ3) is 4.99. The minimum atomic E-state index is -3.72. The number of fused-ring (bicyclic) bond motifs is 1. The normalized spacial score (nSPS) is 34.7. The molecular weight excluding hydrogens is 404 g/mol. The van der Waals surface area contributed by atoms with Crippen LogP contribution in [0.1, 0.15) is 78.7 Å². The van der Waals surface area contributed by atoms with E-state index in [9.17, 15) is 13.2 Å². The van der Waals surface area contributed by atoms with Gasteiger partial charge in [-0.05, 0) is 92.7 Å². The maximum atomic E-state index is 13.5. The summed E-state index contributed by atoms with van der Waals surface area (Å²) < 4.78 is 27.0. The summed E-state index contributed by atoms with van der Waals surface area (Å²) in [4.78, 5) is 13.7. The first kappa shape index (κ1) is 24.2. The molecule has 172 valence electrons. The Labute approximate surface area is 189 Å². The van der Waals surface area contributed by atoms with E-state index in [1.807, 2.05) is 32.1 Å². The number of benzene rings is 1. The minimum absolute atomic E-state index is 0.192. The molecule has 0 amide bonds. The number of carbonyl (C=O) groups excluding carboxylic acids is 1. The summed E-state index contributed by atoms with van der Waals surface area (Å²) in [5.74, 6) is 1.99. The molecule has 1 unspecified atom stereocenters. The second-order valence-corrected chi connectivity index (χ2v) is 13.1. The summed E-state index contributed by atoms with van der Waals surface area (Å²) in [6.45, 7) is 12.9. The van der Waals surface area contributed by atoms with Crippen LogP contribution in [0.5, 0.6) is 0 Å². The fourth-order valence-electron chi connectivity index (χ4n) is 5.97. The van der Waals surface area contributed by atoms with Crippen molar-refractivity contribution >= 4 is 15.6 Å². The molecule has 0 aliphatic heterocycles. The first-order valence-corrected chi connectivity index (χ1v) is 13.5. The van der Waals surface area contributed by atoms with Crippen molar-refractivity contribution < 1.29 is 13.2 Å². The summed E-state index contributed by atoms with van der Waals surface area (Å²) in [7, 11) is -3.72. The Balaban J connectivity index is 1.96.